The molecule has 3 saturated carbocycles. The predicted molar refractivity (Wildman–Crippen MR) is 96.8 cm³/mol. The molecule has 0 bridgehead atoms. The number of hydrogen-bond donors (Lipinski definition) is 0. The van der Waals surface area contributed by atoms with E-state index < -0.39 is 0 Å². The second-order valence-corrected chi connectivity index (χ2v) is 9.00. The van der Waals surface area contributed by atoms with Crippen LogP contribution in [0.15, 0.2) is 48.6 Å². The van der Waals surface area contributed by atoms with Crippen molar-refractivity contribution in [3.8, 4) is 0 Å². The third kappa shape index (κ3) is 2.03. The molecule has 0 amide bonds. The molecule has 0 heterocycles. The fourth-order valence-electron chi connectivity index (χ4n) is 6.99. The summed E-state index contributed by atoms with van der Waals surface area (Å²) in [6.07, 6.45) is 28.4. The van der Waals surface area contributed by atoms with Gasteiger partial charge in [-0.2, -0.15) is 0 Å². The van der Waals surface area contributed by atoms with Crippen LogP contribution in [0.3, 0.4) is 0 Å². The summed E-state index contributed by atoms with van der Waals surface area (Å²) < 4.78 is 0. The van der Waals surface area contributed by atoms with Crippen LogP contribution in [0.2, 0.25) is 0 Å². The molecular formula is C23H30. The van der Waals surface area contributed by atoms with E-state index >= 15 is 0 Å². The van der Waals surface area contributed by atoms with Gasteiger partial charge in [0.05, 0.1) is 0 Å². The van der Waals surface area contributed by atoms with Crippen LogP contribution in [0.1, 0.15) is 45.4 Å². The van der Waals surface area contributed by atoms with Crippen LogP contribution in [-0.2, 0) is 0 Å². The highest BCUT2D eigenvalue weighted by Gasteiger charge is 2.60. The zero-order valence-electron chi connectivity index (χ0n) is 14.4. The van der Waals surface area contributed by atoms with E-state index in [1.807, 2.05) is 0 Å². The summed E-state index contributed by atoms with van der Waals surface area (Å²) in [5, 5.41) is 0. The van der Waals surface area contributed by atoms with E-state index in [2.05, 4.69) is 55.5 Å². The smallest absolute Gasteiger partial charge is 0.00954 e. The number of fused-ring (bicyclic) bond motifs is 3. The highest BCUT2D eigenvalue weighted by molar-refractivity contribution is 5.30. The SMILES string of the molecule is C[C@](C1CCCC1)(C1CC1)C1C2C=CC=CC2C2C=CC=CC21. The van der Waals surface area contributed by atoms with Gasteiger partial charge in [-0.25, -0.2) is 0 Å². The Morgan fingerprint density at radius 3 is 1.52 bits per heavy atom. The maximum atomic E-state index is 2.71. The van der Waals surface area contributed by atoms with Crippen molar-refractivity contribution in [3.63, 3.8) is 0 Å². The molecule has 0 aromatic carbocycles. The Morgan fingerprint density at radius 1 is 0.609 bits per heavy atom. The highest BCUT2D eigenvalue weighted by Crippen LogP contribution is 2.66. The molecule has 5 aliphatic carbocycles. The lowest BCUT2D eigenvalue weighted by Gasteiger charge is -2.47. The van der Waals surface area contributed by atoms with Gasteiger partial charge in [-0.15, -0.1) is 0 Å². The summed E-state index contributed by atoms with van der Waals surface area (Å²) in [4.78, 5) is 0. The van der Waals surface area contributed by atoms with Crippen molar-refractivity contribution in [2.24, 2.45) is 46.8 Å². The first-order valence-electron chi connectivity index (χ1n) is 10.00. The summed E-state index contributed by atoms with van der Waals surface area (Å²) in [5.41, 5.74) is 0.573. The molecule has 5 aliphatic rings. The monoisotopic (exact) mass is 306 g/mol. The van der Waals surface area contributed by atoms with Crippen LogP contribution in [0.25, 0.3) is 0 Å². The zero-order chi connectivity index (χ0) is 15.4. The van der Waals surface area contributed by atoms with Crippen LogP contribution in [0.4, 0.5) is 0 Å². The molecule has 0 aliphatic heterocycles. The first kappa shape index (κ1) is 14.3. The van der Waals surface area contributed by atoms with Crippen LogP contribution < -0.4 is 0 Å². The maximum Gasteiger partial charge on any atom is -0.00954 e. The van der Waals surface area contributed by atoms with Gasteiger partial charge < -0.3 is 0 Å². The average Bonchev–Trinajstić information content (AvgIpc) is 3.20. The van der Waals surface area contributed by atoms with E-state index in [0.29, 0.717) is 5.41 Å². The normalized spacial score (nSPS) is 44.3. The molecular weight excluding hydrogens is 276 g/mol. The number of allylic oxidation sites excluding steroid dienone is 8. The van der Waals surface area contributed by atoms with Gasteiger partial charge >= 0.3 is 0 Å². The predicted octanol–water partition coefficient (Wildman–Crippen LogP) is 5.94. The van der Waals surface area contributed by atoms with Crippen molar-refractivity contribution in [1.82, 2.24) is 0 Å². The molecule has 5 atom stereocenters. The van der Waals surface area contributed by atoms with Gasteiger partial charge in [0.1, 0.15) is 0 Å². The lowest BCUT2D eigenvalue weighted by Crippen LogP contribution is -2.41. The lowest BCUT2D eigenvalue weighted by molar-refractivity contribution is 0.0304. The number of rotatable bonds is 3. The lowest BCUT2D eigenvalue weighted by atomic mass is 9.57. The first-order valence-corrected chi connectivity index (χ1v) is 10.00. The Morgan fingerprint density at radius 2 is 1.04 bits per heavy atom. The summed E-state index contributed by atoms with van der Waals surface area (Å²) in [6, 6.07) is 0. The fraction of sp³-hybridized carbons (Fsp3) is 0.652. The minimum atomic E-state index is 0.573. The number of hydrogen-bond acceptors (Lipinski definition) is 0. The molecule has 3 fully saturated rings. The third-order valence-corrected chi connectivity index (χ3v) is 8.13. The first-order chi connectivity index (χ1) is 11.3. The Hall–Kier alpha value is -1.04. The molecule has 122 valence electrons. The largest absolute Gasteiger partial charge is 0.0805 e. The Bertz CT molecular complexity index is 547. The molecule has 0 nitrogen and oxygen atoms in total. The second-order valence-electron chi connectivity index (χ2n) is 9.00. The van der Waals surface area contributed by atoms with Gasteiger partial charge in [0.15, 0.2) is 0 Å². The van der Waals surface area contributed by atoms with Crippen LogP contribution in [-0.4, -0.2) is 0 Å². The van der Waals surface area contributed by atoms with Gasteiger partial charge in [0, 0.05) is 0 Å². The molecule has 23 heavy (non-hydrogen) atoms. The third-order valence-electron chi connectivity index (χ3n) is 8.13. The van der Waals surface area contributed by atoms with Crippen LogP contribution in [0, 0.1) is 46.8 Å². The molecule has 0 aromatic heterocycles. The molecule has 0 N–H and O–H groups in total. The molecule has 0 spiro atoms. The molecule has 4 unspecified atom stereocenters. The standard InChI is InChI=1S/C23H30/c1-23(17-14-15-17,16-8-2-3-9-16)22-20-12-6-4-10-18(20)19-11-5-7-13-21(19)22/h4-7,10-13,16-22H,2-3,8-9,14-15H2,1H3/t18?,19?,20?,21?,22?,23-/m0/s1. The summed E-state index contributed by atoms with van der Waals surface area (Å²) in [6.45, 7) is 2.71. The van der Waals surface area contributed by atoms with Gasteiger partial charge in [-0.3, -0.25) is 0 Å². The van der Waals surface area contributed by atoms with Crippen LogP contribution >= 0.6 is 0 Å². The summed E-state index contributed by atoms with van der Waals surface area (Å²) in [5.74, 6) is 5.88. The van der Waals surface area contributed by atoms with E-state index in [0.717, 1.165) is 41.4 Å². The van der Waals surface area contributed by atoms with Crippen molar-refractivity contribution in [2.45, 2.75) is 45.4 Å². The fourth-order valence-corrected chi connectivity index (χ4v) is 6.99. The van der Waals surface area contributed by atoms with Crippen molar-refractivity contribution in [2.75, 3.05) is 0 Å². The van der Waals surface area contributed by atoms with Gasteiger partial charge in [-0.05, 0) is 72.5 Å². The Balaban J connectivity index is 1.58. The van der Waals surface area contributed by atoms with Crippen LogP contribution in [0.5, 0.6) is 0 Å². The topological polar surface area (TPSA) is 0 Å². The molecule has 0 heteroatoms. The van der Waals surface area contributed by atoms with E-state index in [9.17, 15) is 0 Å². The minimum absolute atomic E-state index is 0.573. The van der Waals surface area contributed by atoms with E-state index in [1.54, 1.807) is 0 Å². The van der Waals surface area contributed by atoms with E-state index in [1.165, 1.54) is 38.5 Å². The second kappa shape index (κ2) is 5.23. The quantitative estimate of drug-likeness (QED) is 0.605. The highest BCUT2D eigenvalue weighted by atomic mass is 14.6. The van der Waals surface area contributed by atoms with E-state index in [4.69, 9.17) is 0 Å². The van der Waals surface area contributed by atoms with Crippen molar-refractivity contribution >= 4 is 0 Å². The Labute approximate surface area is 141 Å². The maximum absolute atomic E-state index is 2.71. The summed E-state index contributed by atoms with van der Waals surface area (Å²) in [7, 11) is 0. The molecule has 0 saturated heterocycles. The van der Waals surface area contributed by atoms with Gasteiger partial charge in [-0.1, -0.05) is 68.4 Å². The van der Waals surface area contributed by atoms with E-state index in [-0.39, 0.29) is 0 Å². The van der Waals surface area contributed by atoms with Crippen molar-refractivity contribution in [1.29, 1.82) is 0 Å². The molecule has 0 aromatic rings. The Kier molecular flexibility index (Phi) is 3.25. The van der Waals surface area contributed by atoms with Gasteiger partial charge in [0.25, 0.3) is 0 Å². The molecule has 5 rings (SSSR count). The van der Waals surface area contributed by atoms with Crippen molar-refractivity contribution < 1.29 is 0 Å². The minimum Gasteiger partial charge on any atom is -0.0805 e. The molecule has 0 radical (unpaired) electrons. The summed E-state index contributed by atoms with van der Waals surface area (Å²) >= 11 is 0. The van der Waals surface area contributed by atoms with Gasteiger partial charge in [0.2, 0.25) is 0 Å². The average molecular weight is 306 g/mol. The zero-order valence-corrected chi connectivity index (χ0v) is 14.4. The van der Waals surface area contributed by atoms with Crippen molar-refractivity contribution in [3.05, 3.63) is 48.6 Å².